The van der Waals surface area contributed by atoms with Gasteiger partial charge in [-0.25, -0.2) is 9.67 Å². The molecule has 1 amide bonds. The highest BCUT2D eigenvalue weighted by Gasteiger charge is 2.26. The third-order valence-corrected chi connectivity index (χ3v) is 5.25. The molecule has 3 N–H and O–H groups in total. The Hall–Kier alpha value is -2.26. The van der Waals surface area contributed by atoms with Crippen LogP contribution in [0.4, 0.5) is 0 Å². The molecule has 9 heteroatoms. The molecule has 27 heavy (non-hydrogen) atoms. The molecule has 0 bridgehead atoms. The van der Waals surface area contributed by atoms with Crippen molar-refractivity contribution in [1.82, 2.24) is 25.4 Å². The molecule has 0 radical (unpaired) electrons. The van der Waals surface area contributed by atoms with Crippen LogP contribution in [0.15, 0.2) is 47.8 Å². The lowest BCUT2D eigenvalue weighted by Gasteiger charge is -2.12. The quantitative estimate of drug-likeness (QED) is 0.601. The maximum absolute atomic E-state index is 12.5. The summed E-state index contributed by atoms with van der Waals surface area (Å²) in [5.74, 6) is 0.431. The predicted molar refractivity (Wildman–Crippen MR) is 107 cm³/mol. The summed E-state index contributed by atoms with van der Waals surface area (Å²) in [6.45, 7) is 1.64. The zero-order valence-electron chi connectivity index (χ0n) is 14.4. The molecule has 1 saturated heterocycles. The van der Waals surface area contributed by atoms with Gasteiger partial charge in [0.05, 0.1) is 16.7 Å². The van der Waals surface area contributed by atoms with E-state index in [1.54, 1.807) is 16.0 Å². The third kappa shape index (κ3) is 4.19. The van der Waals surface area contributed by atoms with Crippen molar-refractivity contribution < 1.29 is 9.90 Å². The summed E-state index contributed by atoms with van der Waals surface area (Å²) in [6, 6.07) is 13.5. The fraction of sp³-hybridized carbons (Fsp3) is 0.278. The zero-order chi connectivity index (χ0) is 17.9. The summed E-state index contributed by atoms with van der Waals surface area (Å²) < 4.78 is 1.69. The molecule has 1 aromatic carbocycles. The lowest BCUT2D eigenvalue weighted by Crippen LogP contribution is -2.34. The van der Waals surface area contributed by atoms with E-state index in [9.17, 15) is 9.90 Å². The van der Waals surface area contributed by atoms with Gasteiger partial charge < -0.3 is 15.7 Å². The monoisotopic (exact) mass is 405 g/mol. The largest absolute Gasteiger partial charge is 0.391 e. The van der Waals surface area contributed by atoms with Gasteiger partial charge in [-0.2, -0.15) is 0 Å². The molecule has 2 aromatic heterocycles. The summed E-state index contributed by atoms with van der Waals surface area (Å²) in [7, 11) is 0. The molecule has 4 rings (SSSR count). The molecular formula is C18H20ClN5O2S. The number of aliphatic hydroxyl groups excluding tert-OH is 1. The van der Waals surface area contributed by atoms with Crippen LogP contribution < -0.4 is 10.6 Å². The van der Waals surface area contributed by atoms with Crippen molar-refractivity contribution >= 4 is 29.7 Å². The molecule has 3 heterocycles. The number of rotatable bonds is 5. The van der Waals surface area contributed by atoms with Crippen molar-refractivity contribution in [1.29, 1.82) is 0 Å². The van der Waals surface area contributed by atoms with Crippen LogP contribution in [0, 0.1) is 5.92 Å². The third-order valence-electron chi connectivity index (χ3n) is 4.38. The fourth-order valence-corrected chi connectivity index (χ4v) is 3.65. The summed E-state index contributed by atoms with van der Waals surface area (Å²) in [6.07, 6.45) is -0.438. The number of nitrogens with zero attached hydrogens (tertiary/aromatic N) is 3. The molecule has 1 fully saturated rings. The maximum Gasteiger partial charge on any atom is 0.291 e. The normalized spacial score (nSPS) is 18.9. The topological polar surface area (TPSA) is 92.1 Å². The second-order valence-electron chi connectivity index (χ2n) is 6.18. The molecule has 0 spiro atoms. The Balaban J connectivity index is 0.00000210. The van der Waals surface area contributed by atoms with Crippen molar-refractivity contribution in [3.63, 3.8) is 0 Å². The minimum atomic E-state index is -0.438. The number of benzene rings is 1. The van der Waals surface area contributed by atoms with Crippen molar-refractivity contribution in [3.8, 4) is 16.4 Å². The van der Waals surface area contributed by atoms with Crippen molar-refractivity contribution in [2.75, 3.05) is 19.6 Å². The molecule has 0 saturated carbocycles. The molecule has 7 nitrogen and oxygen atoms in total. The first kappa shape index (κ1) is 19.5. The van der Waals surface area contributed by atoms with E-state index in [0.29, 0.717) is 25.5 Å². The van der Waals surface area contributed by atoms with E-state index < -0.39 is 6.10 Å². The van der Waals surface area contributed by atoms with Crippen LogP contribution in [-0.4, -0.2) is 51.5 Å². The highest BCUT2D eigenvalue weighted by Crippen LogP contribution is 2.25. The number of thiophene rings is 1. The van der Waals surface area contributed by atoms with E-state index in [2.05, 4.69) is 20.7 Å². The number of amides is 1. The number of carbonyl (C=O) groups is 1. The number of para-hydroxylation sites is 1. The molecule has 0 aliphatic carbocycles. The van der Waals surface area contributed by atoms with Gasteiger partial charge in [-0.15, -0.1) is 28.8 Å². The predicted octanol–water partition coefficient (Wildman–Crippen LogP) is 1.73. The summed E-state index contributed by atoms with van der Waals surface area (Å²) in [5, 5.41) is 22.2. The van der Waals surface area contributed by atoms with E-state index in [-0.39, 0.29) is 30.1 Å². The Kier molecular flexibility index (Phi) is 6.22. The number of nitrogens with one attached hydrogen (secondary N) is 2. The Labute approximate surface area is 166 Å². The van der Waals surface area contributed by atoms with Crippen molar-refractivity contribution in [3.05, 3.63) is 53.7 Å². The Bertz CT molecular complexity index is 885. The van der Waals surface area contributed by atoms with Crippen LogP contribution in [0.3, 0.4) is 0 Å². The summed E-state index contributed by atoms with van der Waals surface area (Å²) >= 11 is 1.55. The number of β-amino-alcohol motifs (C(OH)–C–C–N with tert-alkyl or cyclic N) is 1. The summed E-state index contributed by atoms with van der Waals surface area (Å²) in [5.41, 5.74) is 0.845. The van der Waals surface area contributed by atoms with Gasteiger partial charge in [-0.05, 0) is 23.6 Å². The van der Waals surface area contributed by atoms with Gasteiger partial charge in [0, 0.05) is 25.6 Å². The van der Waals surface area contributed by atoms with Crippen LogP contribution in [0.25, 0.3) is 16.4 Å². The average molecular weight is 406 g/mol. The number of hydrogen-bond acceptors (Lipinski definition) is 6. The minimum absolute atomic E-state index is 0. The molecule has 2 unspecified atom stereocenters. The zero-order valence-corrected chi connectivity index (χ0v) is 16.0. The van der Waals surface area contributed by atoms with Gasteiger partial charge in [0.1, 0.15) is 0 Å². The van der Waals surface area contributed by atoms with Gasteiger partial charge in [-0.3, -0.25) is 4.79 Å². The smallest absolute Gasteiger partial charge is 0.291 e. The highest BCUT2D eigenvalue weighted by molar-refractivity contribution is 7.13. The molecule has 1 aliphatic rings. The van der Waals surface area contributed by atoms with Gasteiger partial charge in [0.15, 0.2) is 5.82 Å². The average Bonchev–Trinajstić information content (AvgIpc) is 3.41. The Morgan fingerprint density at radius 1 is 1.26 bits per heavy atom. The van der Waals surface area contributed by atoms with Crippen LogP contribution in [-0.2, 0) is 0 Å². The second-order valence-corrected chi connectivity index (χ2v) is 7.13. The second kappa shape index (κ2) is 8.62. The first-order valence-electron chi connectivity index (χ1n) is 8.45. The van der Waals surface area contributed by atoms with E-state index in [1.165, 1.54) is 0 Å². The highest BCUT2D eigenvalue weighted by atomic mass is 35.5. The number of aromatic nitrogens is 3. The van der Waals surface area contributed by atoms with Gasteiger partial charge in [-0.1, -0.05) is 24.3 Å². The first-order valence-corrected chi connectivity index (χ1v) is 9.33. The van der Waals surface area contributed by atoms with Crippen LogP contribution in [0.5, 0.6) is 0 Å². The molecule has 1 aliphatic heterocycles. The molecule has 3 aromatic rings. The van der Waals surface area contributed by atoms with E-state index in [4.69, 9.17) is 0 Å². The van der Waals surface area contributed by atoms with Crippen LogP contribution >= 0.6 is 23.7 Å². The fourth-order valence-electron chi connectivity index (χ4n) is 2.95. The molecule has 2 atom stereocenters. The standard InChI is InChI=1S/C18H19N5O2S.ClH/c24-14-11-19-9-12(14)10-20-18(25)16-21-17(15-7-4-8-26-15)23(22-16)13-5-2-1-3-6-13;/h1-8,12,14,19,24H,9-11H2,(H,20,25);1H. The van der Waals surface area contributed by atoms with E-state index in [1.807, 2.05) is 47.8 Å². The van der Waals surface area contributed by atoms with Crippen molar-refractivity contribution in [2.24, 2.45) is 5.92 Å². The molecule has 142 valence electrons. The molecular weight excluding hydrogens is 386 g/mol. The number of carbonyl (C=O) groups excluding carboxylic acids is 1. The Morgan fingerprint density at radius 2 is 2.07 bits per heavy atom. The van der Waals surface area contributed by atoms with E-state index >= 15 is 0 Å². The van der Waals surface area contributed by atoms with E-state index in [0.717, 1.165) is 10.6 Å². The number of halogens is 1. The van der Waals surface area contributed by atoms with Crippen LogP contribution in [0.1, 0.15) is 10.6 Å². The van der Waals surface area contributed by atoms with Gasteiger partial charge >= 0.3 is 0 Å². The number of aliphatic hydroxyl groups is 1. The first-order chi connectivity index (χ1) is 12.7. The lowest BCUT2D eigenvalue weighted by atomic mass is 10.1. The summed E-state index contributed by atoms with van der Waals surface area (Å²) in [4.78, 5) is 17.9. The Morgan fingerprint density at radius 3 is 2.74 bits per heavy atom. The van der Waals surface area contributed by atoms with Crippen LogP contribution in [0.2, 0.25) is 0 Å². The SMILES string of the molecule is Cl.O=C(NCC1CNCC1O)c1nc(-c2cccs2)n(-c2ccccc2)n1. The maximum atomic E-state index is 12.5. The number of hydrogen-bond donors (Lipinski definition) is 3. The lowest BCUT2D eigenvalue weighted by molar-refractivity contribution is 0.0917. The minimum Gasteiger partial charge on any atom is -0.391 e. The van der Waals surface area contributed by atoms with Gasteiger partial charge in [0.25, 0.3) is 5.91 Å². The van der Waals surface area contributed by atoms with Crippen molar-refractivity contribution in [2.45, 2.75) is 6.10 Å². The van der Waals surface area contributed by atoms with Gasteiger partial charge in [0.2, 0.25) is 5.82 Å².